The minimum Gasteiger partial charge on any atom is -0.465 e. The van der Waals surface area contributed by atoms with E-state index in [2.05, 4.69) is 36.7 Å². The fourth-order valence-corrected chi connectivity index (χ4v) is 5.76. The highest BCUT2D eigenvalue weighted by Crippen LogP contribution is 2.44. The predicted molar refractivity (Wildman–Crippen MR) is 126 cm³/mol. The van der Waals surface area contributed by atoms with Crippen LogP contribution in [0.4, 0.5) is 16.4 Å². The van der Waals surface area contributed by atoms with Crippen LogP contribution in [-0.2, 0) is 27.2 Å². The summed E-state index contributed by atoms with van der Waals surface area (Å²) in [5.74, 6) is -0.508. The highest BCUT2D eigenvalue weighted by Gasteiger charge is 2.35. The molecule has 2 heterocycles. The van der Waals surface area contributed by atoms with E-state index in [0.717, 1.165) is 35.4 Å². The average molecular weight is 456 g/mol. The summed E-state index contributed by atoms with van der Waals surface area (Å²) in [6.07, 6.45) is 2.62. The zero-order valence-corrected chi connectivity index (χ0v) is 19.7. The van der Waals surface area contributed by atoms with Gasteiger partial charge in [0.2, 0.25) is 11.8 Å². The lowest BCUT2D eigenvalue weighted by atomic mass is 9.72. The Labute approximate surface area is 191 Å². The Bertz CT molecular complexity index is 1070. The molecule has 2 atom stereocenters. The molecule has 0 spiro atoms. The molecule has 0 radical (unpaired) electrons. The zero-order valence-electron chi connectivity index (χ0n) is 18.8. The first kappa shape index (κ1) is 22.3. The third kappa shape index (κ3) is 4.37. The SMILES string of the molecule is COC(=O)c1c(NC(=O)C[C@H]2Nc3ccccc3NC2=O)sc2c1CC[C@H](C(C)(C)C)C2. The van der Waals surface area contributed by atoms with Crippen molar-refractivity contribution in [3.63, 3.8) is 0 Å². The minimum atomic E-state index is -0.689. The standard InChI is InChI=1S/C24H29N3O4S/c1-24(2,3)13-9-10-14-18(11-13)32-22(20(14)23(30)31-4)27-19(28)12-17-21(29)26-16-8-6-5-7-15(16)25-17/h5-8,13,17,25H,9-12H2,1-4H3,(H,26,29)(H,27,28)/t13-,17+/m0/s1. The number of amides is 2. The van der Waals surface area contributed by atoms with Gasteiger partial charge in [0.25, 0.3) is 0 Å². The first-order valence-electron chi connectivity index (χ1n) is 10.9. The van der Waals surface area contributed by atoms with Crippen LogP contribution in [-0.4, -0.2) is 30.9 Å². The summed E-state index contributed by atoms with van der Waals surface area (Å²) in [5, 5.41) is 9.35. The molecule has 4 rings (SSSR count). The van der Waals surface area contributed by atoms with Crippen LogP contribution in [0.15, 0.2) is 24.3 Å². The number of methoxy groups -OCH3 is 1. The van der Waals surface area contributed by atoms with Crippen molar-refractivity contribution in [2.24, 2.45) is 11.3 Å². The highest BCUT2D eigenvalue weighted by molar-refractivity contribution is 7.17. The topological polar surface area (TPSA) is 96.5 Å². The number of ether oxygens (including phenoxy) is 1. The van der Waals surface area contributed by atoms with Gasteiger partial charge in [0.05, 0.1) is 30.5 Å². The minimum absolute atomic E-state index is 0.0477. The van der Waals surface area contributed by atoms with E-state index in [9.17, 15) is 14.4 Å². The van der Waals surface area contributed by atoms with E-state index in [1.54, 1.807) is 6.07 Å². The monoisotopic (exact) mass is 455 g/mol. The van der Waals surface area contributed by atoms with Gasteiger partial charge in [0.15, 0.2) is 0 Å². The third-order valence-electron chi connectivity index (χ3n) is 6.35. The average Bonchev–Trinajstić information content (AvgIpc) is 3.09. The van der Waals surface area contributed by atoms with Crippen molar-refractivity contribution >= 4 is 45.5 Å². The number of hydrogen-bond acceptors (Lipinski definition) is 6. The number of carbonyl (C=O) groups excluding carboxylic acids is 3. The Morgan fingerprint density at radius 1 is 1.22 bits per heavy atom. The smallest absolute Gasteiger partial charge is 0.341 e. The van der Waals surface area contributed by atoms with E-state index in [1.165, 1.54) is 18.4 Å². The fraction of sp³-hybridized carbons (Fsp3) is 0.458. The number of rotatable bonds is 4. The highest BCUT2D eigenvalue weighted by atomic mass is 32.1. The number of fused-ring (bicyclic) bond motifs is 2. The summed E-state index contributed by atoms with van der Waals surface area (Å²) in [6, 6.07) is 6.68. The second-order valence-electron chi connectivity index (χ2n) is 9.49. The number of benzene rings is 1. The van der Waals surface area contributed by atoms with E-state index in [0.29, 0.717) is 22.2 Å². The second kappa shape index (κ2) is 8.58. The fourth-order valence-electron chi connectivity index (χ4n) is 4.43. The van der Waals surface area contributed by atoms with Crippen molar-refractivity contribution < 1.29 is 19.1 Å². The molecule has 0 unspecified atom stereocenters. The van der Waals surface area contributed by atoms with Gasteiger partial charge in [-0.25, -0.2) is 4.79 Å². The van der Waals surface area contributed by atoms with E-state index in [-0.39, 0.29) is 23.7 Å². The summed E-state index contributed by atoms with van der Waals surface area (Å²) in [5.41, 5.74) is 3.09. The van der Waals surface area contributed by atoms with Gasteiger partial charge < -0.3 is 20.7 Å². The zero-order chi connectivity index (χ0) is 23.0. The molecule has 170 valence electrons. The third-order valence-corrected chi connectivity index (χ3v) is 7.52. The van der Waals surface area contributed by atoms with Crippen LogP contribution in [0.1, 0.15) is 54.4 Å². The van der Waals surface area contributed by atoms with Crippen LogP contribution in [0.5, 0.6) is 0 Å². The van der Waals surface area contributed by atoms with Crippen molar-refractivity contribution in [2.45, 2.75) is 52.5 Å². The molecule has 1 aromatic carbocycles. The van der Waals surface area contributed by atoms with Crippen molar-refractivity contribution in [3.8, 4) is 0 Å². The van der Waals surface area contributed by atoms with Gasteiger partial charge in [0, 0.05) is 4.88 Å². The van der Waals surface area contributed by atoms with Gasteiger partial charge in [-0.3, -0.25) is 9.59 Å². The Kier molecular flexibility index (Phi) is 5.99. The predicted octanol–water partition coefficient (Wildman–Crippen LogP) is 4.45. The van der Waals surface area contributed by atoms with Crippen LogP contribution >= 0.6 is 11.3 Å². The number of hydrogen-bond donors (Lipinski definition) is 3. The number of para-hydroxylation sites is 2. The molecule has 0 saturated heterocycles. The summed E-state index contributed by atoms with van der Waals surface area (Å²) < 4.78 is 5.02. The molecule has 2 aliphatic rings. The Morgan fingerprint density at radius 3 is 2.62 bits per heavy atom. The van der Waals surface area contributed by atoms with Crippen molar-refractivity contribution in [1.29, 1.82) is 0 Å². The van der Waals surface area contributed by atoms with Crippen LogP contribution in [0.25, 0.3) is 0 Å². The number of esters is 1. The van der Waals surface area contributed by atoms with Gasteiger partial charge in [-0.15, -0.1) is 11.3 Å². The maximum Gasteiger partial charge on any atom is 0.341 e. The van der Waals surface area contributed by atoms with Crippen LogP contribution in [0.2, 0.25) is 0 Å². The largest absolute Gasteiger partial charge is 0.465 e. The van der Waals surface area contributed by atoms with E-state index in [1.807, 2.05) is 18.2 Å². The van der Waals surface area contributed by atoms with Gasteiger partial charge in [-0.05, 0) is 48.3 Å². The molecule has 3 N–H and O–H groups in total. The Balaban J connectivity index is 1.53. The summed E-state index contributed by atoms with van der Waals surface area (Å²) in [6.45, 7) is 6.71. The molecule has 1 aromatic heterocycles. The first-order valence-corrected chi connectivity index (χ1v) is 11.7. The summed E-state index contributed by atoms with van der Waals surface area (Å²) in [4.78, 5) is 39.0. The summed E-state index contributed by atoms with van der Waals surface area (Å²) >= 11 is 1.45. The quantitative estimate of drug-likeness (QED) is 0.592. The second-order valence-corrected chi connectivity index (χ2v) is 10.6. The molecular weight excluding hydrogens is 426 g/mol. The molecule has 2 aromatic rings. The molecule has 0 fully saturated rings. The van der Waals surface area contributed by atoms with Gasteiger partial charge in [0.1, 0.15) is 11.0 Å². The molecular formula is C24H29N3O4S. The van der Waals surface area contributed by atoms with Crippen LogP contribution < -0.4 is 16.0 Å². The molecule has 0 bridgehead atoms. The van der Waals surface area contributed by atoms with Crippen molar-refractivity contribution in [3.05, 3.63) is 40.3 Å². The molecule has 0 saturated carbocycles. The number of thiophene rings is 1. The molecule has 8 heteroatoms. The maximum absolute atomic E-state index is 12.9. The lowest BCUT2D eigenvalue weighted by molar-refractivity contribution is -0.122. The van der Waals surface area contributed by atoms with Crippen molar-refractivity contribution in [2.75, 3.05) is 23.1 Å². The summed E-state index contributed by atoms with van der Waals surface area (Å²) in [7, 11) is 1.35. The maximum atomic E-state index is 12.9. The molecule has 1 aliphatic heterocycles. The first-order chi connectivity index (χ1) is 15.2. The number of nitrogens with one attached hydrogen (secondary N) is 3. The normalized spacial score (nSPS) is 19.8. The number of carbonyl (C=O) groups is 3. The van der Waals surface area contributed by atoms with Gasteiger partial charge in [-0.2, -0.15) is 0 Å². The lowest BCUT2D eigenvalue weighted by Gasteiger charge is -2.33. The lowest BCUT2D eigenvalue weighted by Crippen LogP contribution is -2.41. The van der Waals surface area contributed by atoms with Gasteiger partial charge >= 0.3 is 5.97 Å². The van der Waals surface area contributed by atoms with Crippen LogP contribution in [0.3, 0.4) is 0 Å². The van der Waals surface area contributed by atoms with Crippen molar-refractivity contribution in [1.82, 2.24) is 0 Å². The van der Waals surface area contributed by atoms with E-state index in [4.69, 9.17) is 4.74 Å². The van der Waals surface area contributed by atoms with Crippen LogP contribution in [0, 0.1) is 11.3 Å². The molecule has 7 nitrogen and oxygen atoms in total. The van der Waals surface area contributed by atoms with E-state index < -0.39 is 12.0 Å². The Hall–Kier alpha value is -2.87. The number of anilines is 3. The Morgan fingerprint density at radius 2 is 1.94 bits per heavy atom. The molecule has 1 aliphatic carbocycles. The molecule has 2 amide bonds. The van der Waals surface area contributed by atoms with Gasteiger partial charge in [-0.1, -0.05) is 32.9 Å². The van der Waals surface area contributed by atoms with E-state index >= 15 is 0 Å². The molecule has 32 heavy (non-hydrogen) atoms.